The van der Waals surface area contributed by atoms with Crippen LogP contribution >= 0.6 is 0 Å². The zero-order chi connectivity index (χ0) is 9.40. The van der Waals surface area contributed by atoms with Gasteiger partial charge in [-0.2, -0.15) is 0 Å². The van der Waals surface area contributed by atoms with Gasteiger partial charge in [0.15, 0.2) is 5.76 Å². The van der Waals surface area contributed by atoms with Crippen molar-refractivity contribution in [1.82, 2.24) is 0 Å². The molecule has 0 spiro atoms. The monoisotopic (exact) mass is 165 g/mol. The summed E-state index contributed by atoms with van der Waals surface area (Å²) >= 11 is 0. The molecule has 2 heteroatoms. The van der Waals surface area contributed by atoms with Crippen LogP contribution in [0.3, 0.4) is 0 Å². The van der Waals surface area contributed by atoms with Crippen LogP contribution in [0.5, 0.6) is 0 Å². The smallest absolute Gasteiger partial charge is 0.169 e. The fourth-order valence-electron chi connectivity index (χ4n) is 0.794. The molecule has 0 aromatic carbocycles. The second kappa shape index (κ2) is 6.51. The summed E-state index contributed by atoms with van der Waals surface area (Å²) in [4.78, 5) is 0. The summed E-state index contributed by atoms with van der Waals surface area (Å²) in [7, 11) is 1.56. The van der Waals surface area contributed by atoms with E-state index in [9.17, 15) is 0 Å². The van der Waals surface area contributed by atoms with E-state index >= 15 is 0 Å². The zero-order valence-electron chi connectivity index (χ0n) is 7.63. The van der Waals surface area contributed by atoms with Gasteiger partial charge in [-0.1, -0.05) is 6.08 Å². The van der Waals surface area contributed by atoms with Crippen LogP contribution in [0.15, 0.2) is 23.5 Å². The molecule has 66 valence electrons. The Hall–Kier alpha value is -1.20. The predicted octanol–water partition coefficient (Wildman–Crippen LogP) is 1.45. The number of allylic oxidation sites excluding steroid dienone is 3. The fraction of sp³-hybridized carbons (Fsp3) is 0.400. The molecule has 2 N–H and O–H groups in total. The molecular formula is C10H15NO. The van der Waals surface area contributed by atoms with Gasteiger partial charge in [0.05, 0.1) is 7.11 Å². The van der Waals surface area contributed by atoms with E-state index in [1.807, 2.05) is 19.1 Å². The molecule has 0 saturated carbocycles. The van der Waals surface area contributed by atoms with Crippen LogP contribution in [-0.4, -0.2) is 13.7 Å². The van der Waals surface area contributed by atoms with Gasteiger partial charge in [0.1, 0.15) is 0 Å². The van der Waals surface area contributed by atoms with E-state index in [4.69, 9.17) is 16.9 Å². The van der Waals surface area contributed by atoms with E-state index < -0.39 is 0 Å². The van der Waals surface area contributed by atoms with E-state index in [2.05, 4.69) is 5.92 Å². The highest BCUT2D eigenvalue weighted by Gasteiger charge is 1.93. The molecule has 0 aliphatic heterocycles. The average Bonchev–Trinajstić information content (AvgIpc) is 2.12. The van der Waals surface area contributed by atoms with Gasteiger partial charge in [-0.15, -0.1) is 6.42 Å². The molecule has 0 heterocycles. The maximum Gasteiger partial charge on any atom is 0.169 e. The number of ether oxygens (including phenoxy) is 1. The number of hydrogen-bond acceptors (Lipinski definition) is 2. The first-order chi connectivity index (χ1) is 5.78. The molecule has 0 saturated heterocycles. The quantitative estimate of drug-likeness (QED) is 0.388. The molecule has 0 radical (unpaired) electrons. The third kappa shape index (κ3) is 3.85. The number of rotatable bonds is 4. The summed E-state index contributed by atoms with van der Waals surface area (Å²) in [6, 6.07) is 0. The molecule has 0 aromatic heterocycles. The minimum atomic E-state index is 0.538. The van der Waals surface area contributed by atoms with E-state index in [1.54, 1.807) is 7.11 Å². The largest absolute Gasteiger partial charge is 0.489 e. The molecule has 0 aliphatic carbocycles. The molecule has 0 aliphatic rings. The van der Waals surface area contributed by atoms with Crippen molar-refractivity contribution in [3.05, 3.63) is 23.5 Å². The molecule has 12 heavy (non-hydrogen) atoms. The highest BCUT2D eigenvalue weighted by Crippen LogP contribution is 2.05. The third-order valence-electron chi connectivity index (χ3n) is 1.48. The molecule has 0 atom stereocenters. The van der Waals surface area contributed by atoms with Gasteiger partial charge in [0.2, 0.25) is 0 Å². The summed E-state index contributed by atoms with van der Waals surface area (Å²) in [5, 5.41) is 0. The highest BCUT2D eigenvalue weighted by molar-refractivity contribution is 5.29. The molecule has 0 aromatic rings. The Morgan fingerprint density at radius 2 is 2.33 bits per heavy atom. The number of hydrogen-bond donors (Lipinski definition) is 1. The van der Waals surface area contributed by atoms with Crippen molar-refractivity contribution in [2.45, 2.75) is 13.3 Å². The fourth-order valence-corrected chi connectivity index (χ4v) is 0.794. The van der Waals surface area contributed by atoms with Gasteiger partial charge in [0.25, 0.3) is 0 Å². The topological polar surface area (TPSA) is 35.2 Å². The van der Waals surface area contributed by atoms with Gasteiger partial charge >= 0.3 is 0 Å². The van der Waals surface area contributed by atoms with Gasteiger partial charge < -0.3 is 10.5 Å². The predicted molar refractivity (Wildman–Crippen MR) is 51.4 cm³/mol. The summed E-state index contributed by atoms with van der Waals surface area (Å²) in [5.74, 6) is 2.97. The van der Waals surface area contributed by atoms with Crippen molar-refractivity contribution in [3.63, 3.8) is 0 Å². The Bertz CT molecular complexity index is 220. The Morgan fingerprint density at radius 1 is 1.67 bits per heavy atom. The molecule has 0 amide bonds. The summed E-state index contributed by atoms with van der Waals surface area (Å²) in [6.45, 7) is 2.57. The highest BCUT2D eigenvalue weighted by atomic mass is 16.5. The molecular weight excluding hydrogens is 150 g/mol. The minimum absolute atomic E-state index is 0.538. The third-order valence-corrected chi connectivity index (χ3v) is 1.48. The number of terminal acetylenes is 1. The molecule has 0 unspecified atom stereocenters. The first-order valence-electron chi connectivity index (χ1n) is 3.86. The van der Waals surface area contributed by atoms with Crippen LogP contribution in [0.25, 0.3) is 0 Å². The summed E-state index contributed by atoms with van der Waals surface area (Å²) < 4.78 is 4.92. The van der Waals surface area contributed by atoms with E-state index in [0.29, 0.717) is 12.3 Å². The lowest BCUT2D eigenvalue weighted by molar-refractivity contribution is 0.311. The van der Waals surface area contributed by atoms with Crippen molar-refractivity contribution < 1.29 is 4.74 Å². The van der Waals surface area contributed by atoms with E-state index in [-0.39, 0.29) is 0 Å². The first-order valence-corrected chi connectivity index (χ1v) is 3.86. The van der Waals surface area contributed by atoms with Crippen LogP contribution in [0.1, 0.15) is 13.3 Å². The summed E-state index contributed by atoms with van der Waals surface area (Å²) in [6.07, 6.45) is 9.81. The Kier molecular flexibility index (Phi) is 5.86. The van der Waals surface area contributed by atoms with Crippen molar-refractivity contribution in [2.24, 2.45) is 5.73 Å². The van der Waals surface area contributed by atoms with Gasteiger partial charge in [0, 0.05) is 0 Å². The number of nitrogens with two attached hydrogens (primary N) is 1. The Labute approximate surface area is 74.1 Å². The molecule has 0 bridgehead atoms. The lowest BCUT2D eigenvalue weighted by Gasteiger charge is -2.00. The van der Waals surface area contributed by atoms with Crippen molar-refractivity contribution in [2.75, 3.05) is 13.7 Å². The minimum Gasteiger partial charge on any atom is -0.489 e. The van der Waals surface area contributed by atoms with Crippen LogP contribution in [0.4, 0.5) is 0 Å². The number of methoxy groups -OCH3 is 1. The maximum atomic E-state index is 5.40. The SMILES string of the molecule is C#C/C(=C\C(=C/C)CCN)OC. The maximum absolute atomic E-state index is 5.40. The first kappa shape index (κ1) is 10.8. The lowest BCUT2D eigenvalue weighted by atomic mass is 10.1. The standard InChI is InChI=1S/C10H15NO/c1-4-9(6-7-11)8-10(5-2)12-3/h2,4,8H,6-7,11H2,1,3H3/b9-4-,10-8+. The van der Waals surface area contributed by atoms with Crippen LogP contribution in [0, 0.1) is 12.3 Å². The van der Waals surface area contributed by atoms with Gasteiger partial charge in [-0.05, 0) is 37.5 Å². The van der Waals surface area contributed by atoms with Crippen molar-refractivity contribution in [3.8, 4) is 12.3 Å². The Morgan fingerprint density at radius 3 is 2.67 bits per heavy atom. The second-order valence-corrected chi connectivity index (χ2v) is 2.26. The van der Waals surface area contributed by atoms with Crippen molar-refractivity contribution in [1.29, 1.82) is 0 Å². The molecule has 0 fully saturated rings. The van der Waals surface area contributed by atoms with E-state index in [0.717, 1.165) is 12.0 Å². The average molecular weight is 165 g/mol. The second-order valence-electron chi connectivity index (χ2n) is 2.26. The van der Waals surface area contributed by atoms with Gasteiger partial charge in [-0.3, -0.25) is 0 Å². The normalized spacial score (nSPS) is 12.5. The van der Waals surface area contributed by atoms with E-state index in [1.165, 1.54) is 0 Å². The van der Waals surface area contributed by atoms with Gasteiger partial charge in [-0.25, -0.2) is 0 Å². The molecule has 0 rings (SSSR count). The zero-order valence-corrected chi connectivity index (χ0v) is 7.63. The van der Waals surface area contributed by atoms with Crippen molar-refractivity contribution >= 4 is 0 Å². The Balaban J connectivity index is 4.37. The molecule has 2 nitrogen and oxygen atoms in total. The lowest BCUT2D eigenvalue weighted by Crippen LogP contribution is -1.99. The van der Waals surface area contributed by atoms with Crippen LogP contribution in [0.2, 0.25) is 0 Å². The van der Waals surface area contributed by atoms with Crippen LogP contribution < -0.4 is 5.73 Å². The van der Waals surface area contributed by atoms with Crippen LogP contribution in [-0.2, 0) is 4.74 Å². The summed E-state index contributed by atoms with van der Waals surface area (Å²) in [5.41, 5.74) is 6.51.